The third kappa shape index (κ3) is 2.19. The molecule has 1 saturated heterocycles. The molecule has 0 aromatic rings. The fourth-order valence-electron chi connectivity index (χ4n) is 4.27. The number of hydrogen-bond donors (Lipinski definition) is 0. The molecule has 19 heavy (non-hydrogen) atoms. The Morgan fingerprint density at radius 3 is 2.42 bits per heavy atom. The van der Waals surface area contributed by atoms with E-state index in [0.717, 1.165) is 6.54 Å². The van der Waals surface area contributed by atoms with Crippen LogP contribution in [0.1, 0.15) is 46.0 Å². The third-order valence-electron chi connectivity index (χ3n) is 5.70. The zero-order chi connectivity index (χ0) is 13.8. The fourth-order valence-corrected chi connectivity index (χ4v) is 5.22. The van der Waals surface area contributed by atoms with Crippen molar-refractivity contribution in [1.82, 2.24) is 4.90 Å². The van der Waals surface area contributed by atoms with Crippen molar-refractivity contribution in [3.8, 4) is 0 Å². The maximum Gasteiger partial charge on any atom is 0.225 e. The number of carbonyl (C=O) groups is 1. The molecule has 3 fully saturated rings. The van der Waals surface area contributed by atoms with Gasteiger partial charge in [0.05, 0.1) is 0 Å². The van der Waals surface area contributed by atoms with Crippen molar-refractivity contribution < 1.29 is 4.79 Å². The molecule has 2 saturated carbocycles. The van der Waals surface area contributed by atoms with Gasteiger partial charge in [0.1, 0.15) is 4.33 Å². The molecule has 1 heterocycles. The Kier molecular flexibility index (Phi) is 3.54. The van der Waals surface area contributed by atoms with Crippen molar-refractivity contribution in [3.63, 3.8) is 0 Å². The molecule has 108 valence electrons. The Hall–Kier alpha value is 0.0500. The smallest absolute Gasteiger partial charge is 0.225 e. The second-order valence-corrected chi connectivity index (χ2v) is 8.17. The highest BCUT2D eigenvalue weighted by molar-refractivity contribution is 6.51. The molecule has 0 aromatic carbocycles. The topological polar surface area (TPSA) is 20.3 Å². The van der Waals surface area contributed by atoms with Gasteiger partial charge in [-0.2, -0.15) is 0 Å². The molecule has 0 radical (unpaired) electrons. The van der Waals surface area contributed by atoms with Crippen LogP contribution < -0.4 is 0 Å². The first-order chi connectivity index (χ1) is 8.94. The zero-order valence-electron chi connectivity index (χ0n) is 11.7. The Balaban J connectivity index is 1.62. The first-order valence-corrected chi connectivity index (χ1v) is 8.38. The number of fused-ring (bicyclic) bond motifs is 1. The second-order valence-electron chi connectivity index (χ2n) is 6.72. The van der Waals surface area contributed by atoms with Crippen LogP contribution in [0.2, 0.25) is 0 Å². The minimum Gasteiger partial charge on any atom is -0.339 e. The van der Waals surface area contributed by atoms with Gasteiger partial charge in [-0.05, 0) is 25.7 Å². The number of alkyl halides is 2. The third-order valence-corrected chi connectivity index (χ3v) is 6.76. The average molecular weight is 304 g/mol. The molecule has 4 atom stereocenters. The van der Waals surface area contributed by atoms with E-state index in [-0.39, 0.29) is 12.0 Å². The van der Waals surface area contributed by atoms with E-state index >= 15 is 0 Å². The van der Waals surface area contributed by atoms with Gasteiger partial charge in [0.2, 0.25) is 5.91 Å². The molecule has 3 aliphatic rings. The minimum absolute atomic E-state index is 0.167. The summed E-state index contributed by atoms with van der Waals surface area (Å²) < 4.78 is -0.565. The molecule has 1 aliphatic heterocycles. The van der Waals surface area contributed by atoms with Crippen molar-refractivity contribution in [1.29, 1.82) is 0 Å². The molecule has 0 bridgehead atoms. The number of likely N-dealkylation sites (tertiary alicyclic amines) is 1. The van der Waals surface area contributed by atoms with Gasteiger partial charge in [0, 0.05) is 30.3 Å². The van der Waals surface area contributed by atoms with Gasteiger partial charge in [-0.25, -0.2) is 0 Å². The molecule has 2 nitrogen and oxygen atoms in total. The van der Waals surface area contributed by atoms with Crippen molar-refractivity contribution in [2.75, 3.05) is 6.54 Å². The summed E-state index contributed by atoms with van der Waals surface area (Å²) in [6.07, 6.45) is 6.35. The number of rotatable bonds is 2. The van der Waals surface area contributed by atoms with Gasteiger partial charge in [0.15, 0.2) is 0 Å². The summed E-state index contributed by atoms with van der Waals surface area (Å²) in [5.41, 5.74) is 0. The fraction of sp³-hybridized carbons (Fsp3) is 0.933. The normalized spacial score (nSPS) is 38.9. The van der Waals surface area contributed by atoms with Crippen LogP contribution in [0.5, 0.6) is 0 Å². The van der Waals surface area contributed by atoms with Crippen LogP contribution in [-0.4, -0.2) is 27.7 Å². The number of halogens is 2. The Morgan fingerprint density at radius 2 is 1.89 bits per heavy atom. The highest BCUT2D eigenvalue weighted by Crippen LogP contribution is 2.65. The predicted molar refractivity (Wildman–Crippen MR) is 78.3 cm³/mol. The largest absolute Gasteiger partial charge is 0.339 e. The Labute approximate surface area is 125 Å². The van der Waals surface area contributed by atoms with E-state index in [2.05, 4.69) is 13.8 Å². The number of hydrogen-bond acceptors (Lipinski definition) is 1. The van der Waals surface area contributed by atoms with Gasteiger partial charge in [-0.15, -0.1) is 23.2 Å². The van der Waals surface area contributed by atoms with Crippen LogP contribution in [0, 0.1) is 23.7 Å². The highest BCUT2D eigenvalue weighted by Gasteiger charge is 2.70. The lowest BCUT2D eigenvalue weighted by molar-refractivity contribution is -0.138. The molecule has 3 rings (SSSR count). The zero-order valence-corrected chi connectivity index (χ0v) is 13.3. The van der Waals surface area contributed by atoms with Gasteiger partial charge in [-0.1, -0.05) is 26.2 Å². The number of nitrogens with zero attached hydrogens (tertiary/aromatic N) is 1. The predicted octanol–water partition coefficient (Wildman–Crippen LogP) is 3.85. The lowest BCUT2D eigenvalue weighted by Gasteiger charge is -2.33. The van der Waals surface area contributed by atoms with Crippen molar-refractivity contribution in [2.24, 2.45) is 23.7 Å². The molecular formula is C15H23Cl2NO. The van der Waals surface area contributed by atoms with Crippen LogP contribution in [0.4, 0.5) is 0 Å². The quantitative estimate of drug-likeness (QED) is 0.710. The molecule has 0 aromatic heterocycles. The lowest BCUT2D eigenvalue weighted by atomic mass is 9.80. The molecule has 4 heteroatoms. The summed E-state index contributed by atoms with van der Waals surface area (Å²) in [6.45, 7) is 4.97. The van der Waals surface area contributed by atoms with E-state index in [4.69, 9.17) is 23.2 Å². The second kappa shape index (κ2) is 4.80. The maximum atomic E-state index is 12.7. The van der Waals surface area contributed by atoms with Gasteiger partial charge in [0.25, 0.3) is 0 Å². The molecule has 0 spiro atoms. The minimum atomic E-state index is -0.565. The summed E-state index contributed by atoms with van der Waals surface area (Å²) >= 11 is 12.5. The summed E-state index contributed by atoms with van der Waals surface area (Å²) in [4.78, 5) is 14.7. The summed E-state index contributed by atoms with van der Waals surface area (Å²) in [6, 6.07) is 0.207. The van der Waals surface area contributed by atoms with Crippen molar-refractivity contribution in [3.05, 3.63) is 0 Å². The average Bonchev–Trinajstić information content (AvgIpc) is 2.76. The van der Waals surface area contributed by atoms with Crippen LogP contribution in [0.15, 0.2) is 0 Å². The maximum absolute atomic E-state index is 12.7. The van der Waals surface area contributed by atoms with Gasteiger partial charge < -0.3 is 4.90 Å². The Morgan fingerprint density at radius 1 is 1.26 bits per heavy atom. The van der Waals surface area contributed by atoms with E-state index < -0.39 is 4.33 Å². The number of piperidine rings is 1. The van der Waals surface area contributed by atoms with Crippen LogP contribution in [-0.2, 0) is 4.79 Å². The Bertz CT molecular complexity index is 378. The SMILES string of the molecule is C[C@H](C(=O)N1C[C@H]2[C@@H]([C@H]1C)C2(Cl)Cl)C1CCCCC1. The monoisotopic (exact) mass is 303 g/mol. The van der Waals surface area contributed by atoms with Crippen LogP contribution >= 0.6 is 23.2 Å². The molecule has 2 aliphatic carbocycles. The number of carbonyl (C=O) groups excluding carboxylic acids is 1. The van der Waals surface area contributed by atoms with Crippen LogP contribution in [0.3, 0.4) is 0 Å². The first kappa shape index (κ1) is 14.0. The van der Waals surface area contributed by atoms with Gasteiger partial charge in [-0.3, -0.25) is 4.79 Å². The highest BCUT2D eigenvalue weighted by atomic mass is 35.5. The van der Waals surface area contributed by atoms with Gasteiger partial charge >= 0.3 is 0 Å². The standard InChI is InChI=1S/C15H23Cl2NO/c1-9(11-6-4-3-5-7-11)14(19)18-8-12-13(10(18)2)15(12,16)17/h9-13H,3-8H2,1-2H3/t9-,10+,12-,13+/m0/s1. The van der Waals surface area contributed by atoms with Crippen LogP contribution in [0.25, 0.3) is 0 Å². The van der Waals surface area contributed by atoms with E-state index in [1.807, 2.05) is 4.90 Å². The van der Waals surface area contributed by atoms with Crippen molar-refractivity contribution >= 4 is 29.1 Å². The molecule has 1 amide bonds. The lowest BCUT2D eigenvalue weighted by Crippen LogP contribution is -2.44. The summed E-state index contributed by atoms with van der Waals surface area (Å²) in [5.74, 6) is 1.67. The first-order valence-electron chi connectivity index (χ1n) is 7.63. The van der Waals surface area contributed by atoms with E-state index in [0.29, 0.717) is 23.7 Å². The molecule has 0 N–H and O–H groups in total. The summed E-state index contributed by atoms with van der Waals surface area (Å²) in [5, 5.41) is 0. The summed E-state index contributed by atoms with van der Waals surface area (Å²) in [7, 11) is 0. The van der Waals surface area contributed by atoms with E-state index in [1.54, 1.807) is 0 Å². The number of amides is 1. The van der Waals surface area contributed by atoms with E-state index in [1.165, 1.54) is 32.1 Å². The van der Waals surface area contributed by atoms with E-state index in [9.17, 15) is 4.79 Å². The molecule has 0 unspecified atom stereocenters. The van der Waals surface area contributed by atoms with Crippen molar-refractivity contribution in [2.45, 2.75) is 56.3 Å². The molecular weight excluding hydrogens is 281 g/mol.